The molecule has 4 rings (SSSR count). The first-order chi connectivity index (χ1) is 14.1. The van der Waals surface area contributed by atoms with Gasteiger partial charge >= 0.3 is 0 Å². The molecule has 0 radical (unpaired) electrons. The number of likely N-dealkylation sites (tertiary alicyclic amines) is 1. The number of nitrogens with zero attached hydrogens (tertiary/aromatic N) is 6. The maximum Gasteiger partial charge on any atom is 0.280 e. The third-order valence-electron chi connectivity index (χ3n) is 5.44. The molecule has 152 valence electrons. The molecule has 29 heavy (non-hydrogen) atoms. The highest BCUT2D eigenvalue weighted by molar-refractivity contribution is 5.84. The first kappa shape index (κ1) is 19.3. The summed E-state index contributed by atoms with van der Waals surface area (Å²) in [5, 5.41) is 12.4. The quantitative estimate of drug-likeness (QED) is 0.636. The standard InChI is InChI=1S/C21H26N6O2/c1-4-17(15-8-6-5-7-9-15)21(28)26-11-10-16(12-26)27-13-18(23-25-27)20-22-19(14(2)3)24-29-20/h5-9,13-14,16-17H,4,10-12H2,1-3H3/t16-,17-/m1/s1. The van der Waals surface area contributed by atoms with Crippen LogP contribution in [-0.2, 0) is 4.79 Å². The second kappa shape index (κ2) is 8.14. The van der Waals surface area contributed by atoms with Gasteiger partial charge in [0, 0.05) is 19.0 Å². The molecule has 8 nitrogen and oxygen atoms in total. The number of carbonyl (C=O) groups excluding carboxylic acids is 1. The fourth-order valence-electron chi connectivity index (χ4n) is 3.74. The van der Waals surface area contributed by atoms with E-state index in [0.29, 0.717) is 24.0 Å². The summed E-state index contributed by atoms with van der Waals surface area (Å²) >= 11 is 0. The van der Waals surface area contributed by atoms with Crippen molar-refractivity contribution in [1.29, 1.82) is 0 Å². The van der Waals surface area contributed by atoms with Crippen molar-refractivity contribution < 1.29 is 9.32 Å². The molecule has 2 aromatic heterocycles. The summed E-state index contributed by atoms with van der Waals surface area (Å²) in [6.07, 6.45) is 3.46. The molecule has 0 spiro atoms. The first-order valence-electron chi connectivity index (χ1n) is 10.2. The molecule has 1 fully saturated rings. The maximum absolute atomic E-state index is 13.1. The van der Waals surface area contributed by atoms with E-state index in [2.05, 4.69) is 27.4 Å². The predicted octanol–water partition coefficient (Wildman–Crippen LogP) is 3.42. The van der Waals surface area contributed by atoms with Crippen molar-refractivity contribution >= 4 is 5.91 Å². The Morgan fingerprint density at radius 1 is 1.28 bits per heavy atom. The molecular formula is C21H26N6O2. The lowest BCUT2D eigenvalue weighted by molar-refractivity contribution is -0.132. The fraction of sp³-hybridized carbons (Fsp3) is 0.476. The van der Waals surface area contributed by atoms with E-state index in [4.69, 9.17) is 4.52 Å². The van der Waals surface area contributed by atoms with Crippen LogP contribution in [0.1, 0.15) is 62.9 Å². The molecule has 3 aromatic rings. The summed E-state index contributed by atoms with van der Waals surface area (Å²) in [6.45, 7) is 7.43. The Morgan fingerprint density at radius 2 is 2.07 bits per heavy atom. The second-order valence-corrected chi connectivity index (χ2v) is 7.79. The summed E-state index contributed by atoms with van der Waals surface area (Å²) in [5.41, 5.74) is 1.63. The summed E-state index contributed by atoms with van der Waals surface area (Å²) in [6, 6.07) is 10.1. The Kier molecular flexibility index (Phi) is 5.42. The largest absolute Gasteiger partial charge is 0.340 e. The first-order valence-corrected chi connectivity index (χ1v) is 10.2. The summed E-state index contributed by atoms with van der Waals surface area (Å²) < 4.78 is 7.11. The predicted molar refractivity (Wildman–Crippen MR) is 107 cm³/mol. The number of carbonyl (C=O) groups is 1. The number of benzene rings is 1. The van der Waals surface area contributed by atoms with Crippen LogP contribution in [0.5, 0.6) is 0 Å². The highest BCUT2D eigenvalue weighted by Crippen LogP contribution is 2.28. The lowest BCUT2D eigenvalue weighted by Crippen LogP contribution is -2.33. The zero-order chi connectivity index (χ0) is 20.4. The summed E-state index contributed by atoms with van der Waals surface area (Å²) in [7, 11) is 0. The number of amides is 1. The fourth-order valence-corrected chi connectivity index (χ4v) is 3.74. The zero-order valence-electron chi connectivity index (χ0n) is 17.0. The van der Waals surface area contributed by atoms with Crippen molar-refractivity contribution in [3.8, 4) is 11.6 Å². The maximum atomic E-state index is 13.1. The van der Waals surface area contributed by atoms with Crippen molar-refractivity contribution in [1.82, 2.24) is 30.0 Å². The average Bonchev–Trinajstić information content (AvgIpc) is 3.48. The Labute approximate surface area is 169 Å². The molecule has 2 atom stereocenters. The van der Waals surface area contributed by atoms with Crippen LogP contribution in [0.4, 0.5) is 0 Å². The molecule has 1 aliphatic heterocycles. The van der Waals surface area contributed by atoms with Crippen molar-refractivity contribution in [3.63, 3.8) is 0 Å². The molecule has 0 unspecified atom stereocenters. The molecule has 1 aliphatic rings. The van der Waals surface area contributed by atoms with E-state index in [-0.39, 0.29) is 23.8 Å². The normalized spacial score (nSPS) is 17.8. The Bertz CT molecular complexity index is 964. The molecule has 0 N–H and O–H groups in total. The van der Waals surface area contributed by atoms with E-state index < -0.39 is 0 Å². The lowest BCUT2D eigenvalue weighted by atomic mass is 9.95. The average molecular weight is 394 g/mol. The van der Waals surface area contributed by atoms with Crippen molar-refractivity contribution in [2.45, 2.75) is 51.5 Å². The molecular weight excluding hydrogens is 368 g/mol. The van der Waals surface area contributed by atoms with E-state index in [1.807, 2.05) is 60.0 Å². The molecule has 1 saturated heterocycles. The second-order valence-electron chi connectivity index (χ2n) is 7.79. The van der Waals surface area contributed by atoms with Gasteiger partial charge < -0.3 is 9.42 Å². The number of hydrogen-bond donors (Lipinski definition) is 0. The highest BCUT2D eigenvalue weighted by Gasteiger charge is 2.32. The molecule has 0 saturated carbocycles. The van der Waals surface area contributed by atoms with Gasteiger partial charge in [0.15, 0.2) is 11.5 Å². The monoisotopic (exact) mass is 394 g/mol. The van der Waals surface area contributed by atoms with E-state index >= 15 is 0 Å². The van der Waals surface area contributed by atoms with E-state index in [9.17, 15) is 4.79 Å². The number of hydrogen-bond acceptors (Lipinski definition) is 6. The smallest absolute Gasteiger partial charge is 0.280 e. The van der Waals surface area contributed by atoms with Crippen molar-refractivity contribution in [2.24, 2.45) is 0 Å². The molecule has 8 heteroatoms. The topological polar surface area (TPSA) is 89.9 Å². The third-order valence-corrected chi connectivity index (χ3v) is 5.44. The van der Waals surface area contributed by atoms with Crippen molar-refractivity contribution in [2.75, 3.05) is 13.1 Å². The SMILES string of the molecule is CC[C@@H](C(=O)N1CC[C@@H](n2cc(-c3nc(C(C)C)no3)nn2)C1)c1ccccc1. The van der Waals surface area contributed by atoms with E-state index in [1.165, 1.54) is 0 Å². The minimum Gasteiger partial charge on any atom is -0.340 e. The third kappa shape index (κ3) is 3.92. The van der Waals surface area contributed by atoms with Gasteiger partial charge in [-0.1, -0.05) is 61.5 Å². The van der Waals surface area contributed by atoms with Gasteiger partial charge in [0.05, 0.1) is 18.2 Å². The van der Waals surface area contributed by atoms with Crippen LogP contribution in [0.25, 0.3) is 11.6 Å². The number of aromatic nitrogens is 5. The molecule has 3 heterocycles. The van der Waals surface area contributed by atoms with Gasteiger partial charge in [-0.3, -0.25) is 4.79 Å². The van der Waals surface area contributed by atoms with Gasteiger partial charge in [-0.15, -0.1) is 5.10 Å². The molecule has 0 bridgehead atoms. The van der Waals surface area contributed by atoms with Crippen molar-refractivity contribution in [3.05, 3.63) is 47.9 Å². The van der Waals surface area contributed by atoms with Gasteiger partial charge in [-0.05, 0) is 18.4 Å². The van der Waals surface area contributed by atoms with Gasteiger partial charge in [0.2, 0.25) is 5.91 Å². The molecule has 1 aromatic carbocycles. The van der Waals surface area contributed by atoms with Gasteiger partial charge in [0.1, 0.15) is 0 Å². The van der Waals surface area contributed by atoms with E-state index in [1.54, 1.807) is 0 Å². The van der Waals surface area contributed by atoms with Crippen LogP contribution in [-0.4, -0.2) is 49.0 Å². The van der Waals surface area contributed by atoms with Crippen LogP contribution >= 0.6 is 0 Å². The minimum absolute atomic E-state index is 0.0981. The van der Waals surface area contributed by atoms with Gasteiger partial charge in [-0.2, -0.15) is 4.98 Å². The molecule has 0 aliphatic carbocycles. The summed E-state index contributed by atoms with van der Waals surface area (Å²) in [4.78, 5) is 19.4. The Balaban J connectivity index is 1.44. The van der Waals surface area contributed by atoms with Crippen LogP contribution in [0.15, 0.2) is 41.1 Å². The zero-order valence-corrected chi connectivity index (χ0v) is 17.0. The number of rotatable bonds is 6. The van der Waals surface area contributed by atoms with E-state index in [0.717, 1.165) is 24.9 Å². The highest BCUT2D eigenvalue weighted by atomic mass is 16.5. The van der Waals surface area contributed by atoms with Gasteiger partial charge in [0.25, 0.3) is 5.89 Å². The van der Waals surface area contributed by atoms with Crippen LogP contribution in [0, 0.1) is 0 Å². The lowest BCUT2D eigenvalue weighted by Gasteiger charge is -2.23. The molecule has 1 amide bonds. The minimum atomic E-state index is -0.103. The van der Waals surface area contributed by atoms with Crippen LogP contribution in [0.2, 0.25) is 0 Å². The Hall–Kier alpha value is -3.03. The summed E-state index contributed by atoms with van der Waals surface area (Å²) in [5.74, 6) is 1.29. The Morgan fingerprint density at radius 3 is 2.76 bits per heavy atom. The van der Waals surface area contributed by atoms with Crippen LogP contribution < -0.4 is 0 Å². The van der Waals surface area contributed by atoms with Gasteiger partial charge in [-0.25, -0.2) is 4.68 Å². The van der Waals surface area contributed by atoms with Crippen LogP contribution in [0.3, 0.4) is 0 Å².